The molecule has 1 aromatic rings. The minimum atomic E-state index is 0.300. The lowest BCUT2D eigenvalue weighted by atomic mass is 9.95. The summed E-state index contributed by atoms with van der Waals surface area (Å²) in [7, 11) is 0. The fourth-order valence-electron chi connectivity index (χ4n) is 3.20. The van der Waals surface area contributed by atoms with Crippen molar-refractivity contribution in [2.45, 2.75) is 38.6 Å². The molecular formula is C14H23N3O. The van der Waals surface area contributed by atoms with Crippen molar-refractivity contribution in [3.05, 3.63) is 17.7 Å². The highest BCUT2D eigenvalue weighted by Gasteiger charge is 2.21. The van der Waals surface area contributed by atoms with Crippen LogP contribution < -0.4 is 5.32 Å². The Morgan fingerprint density at radius 3 is 3.11 bits per heavy atom. The molecule has 2 aliphatic rings. The van der Waals surface area contributed by atoms with Crippen LogP contribution in [-0.4, -0.2) is 34.4 Å². The first-order valence-electron chi connectivity index (χ1n) is 7.21. The van der Waals surface area contributed by atoms with Gasteiger partial charge in [-0.25, -0.2) is 4.98 Å². The van der Waals surface area contributed by atoms with Crippen molar-refractivity contribution in [2.24, 2.45) is 11.8 Å². The zero-order valence-corrected chi connectivity index (χ0v) is 10.9. The van der Waals surface area contributed by atoms with Crippen LogP contribution in [0, 0.1) is 11.8 Å². The number of aromatic nitrogens is 2. The van der Waals surface area contributed by atoms with E-state index in [4.69, 9.17) is 4.98 Å². The normalized spacial score (nSPS) is 28.1. The molecule has 2 atom stereocenters. The van der Waals surface area contributed by atoms with E-state index < -0.39 is 0 Å². The highest BCUT2D eigenvalue weighted by Crippen LogP contribution is 2.22. The van der Waals surface area contributed by atoms with Gasteiger partial charge in [-0.2, -0.15) is 0 Å². The highest BCUT2D eigenvalue weighted by atomic mass is 16.3. The maximum Gasteiger partial charge on any atom is 0.109 e. The number of rotatable bonds is 3. The first-order valence-corrected chi connectivity index (χ1v) is 7.21. The van der Waals surface area contributed by atoms with Crippen LogP contribution in [0.15, 0.2) is 6.20 Å². The van der Waals surface area contributed by atoms with Gasteiger partial charge in [0.15, 0.2) is 0 Å². The molecule has 1 aromatic heterocycles. The van der Waals surface area contributed by atoms with Gasteiger partial charge in [0.25, 0.3) is 0 Å². The van der Waals surface area contributed by atoms with Crippen LogP contribution in [0.4, 0.5) is 0 Å². The van der Waals surface area contributed by atoms with E-state index in [1.54, 1.807) is 0 Å². The van der Waals surface area contributed by atoms with E-state index in [1.165, 1.54) is 30.9 Å². The third kappa shape index (κ3) is 2.59. The number of aliphatic hydroxyl groups is 1. The summed E-state index contributed by atoms with van der Waals surface area (Å²) in [4.78, 5) is 4.77. The predicted octanol–water partition coefficient (Wildman–Crippen LogP) is 0.980. The number of nitrogens with zero attached hydrogens (tertiary/aromatic N) is 2. The standard InChI is InChI=1S/C14H23N3O/c18-10-12-3-5-17-9-13(16-14(17)7-12)6-11-2-1-4-15-8-11/h9,11-12,15,18H,1-8,10H2. The maximum atomic E-state index is 9.24. The van der Waals surface area contributed by atoms with Crippen molar-refractivity contribution < 1.29 is 5.11 Å². The molecule has 2 aliphatic heterocycles. The minimum Gasteiger partial charge on any atom is -0.396 e. The Morgan fingerprint density at radius 2 is 2.33 bits per heavy atom. The summed E-state index contributed by atoms with van der Waals surface area (Å²) >= 11 is 0. The van der Waals surface area contributed by atoms with E-state index in [9.17, 15) is 5.11 Å². The lowest BCUT2D eigenvalue weighted by Crippen LogP contribution is -2.30. The van der Waals surface area contributed by atoms with E-state index in [0.717, 1.165) is 38.3 Å². The fourth-order valence-corrected chi connectivity index (χ4v) is 3.20. The number of imidazole rings is 1. The Morgan fingerprint density at radius 1 is 1.39 bits per heavy atom. The van der Waals surface area contributed by atoms with Gasteiger partial charge in [-0.15, -0.1) is 0 Å². The number of aliphatic hydroxyl groups excluding tert-OH is 1. The molecule has 3 heterocycles. The van der Waals surface area contributed by atoms with Gasteiger partial charge < -0.3 is 15.0 Å². The molecule has 0 amide bonds. The zero-order chi connectivity index (χ0) is 12.4. The zero-order valence-electron chi connectivity index (χ0n) is 10.9. The van der Waals surface area contributed by atoms with Crippen molar-refractivity contribution >= 4 is 0 Å². The first kappa shape index (κ1) is 12.2. The largest absolute Gasteiger partial charge is 0.396 e. The molecule has 0 aliphatic carbocycles. The molecule has 0 saturated carbocycles. The number of hydrogen-bond acceptors (Lipinski definition) is 3. The molecule has 4 nitrogen and oxygen atoms in total. The molecule has 0 aromatic carbocycles. The van der Waals surface area contributed by atoms with E-state index in [0.29, 0.717) is 12.5 Å². The maximum absolute atomic E-state index is 9.24. The fraction of sp³-hybridized carbons (Fsp3) is 0.786. The monoisotopic (exact) mass is 249 g/mol. The molecule has 100 valence electrons. The smallest absolute Gasteiger partial charge is 0.109 e. The van der Waals surface area contributed by atoms with E-state index in [2.05, 4.69) is 16.1 Å². The molecule has 2 unspecified atom stereocenters. The van der Waals surface area contributed by atoms with Gasteiger partial charge in [-0.1, -0.05) is 0 Å². The average molecular weight is 249 g/mol. The average Bonchev–Trinajstić information content (AvgIpc) is 2.80. The quantitative estimate of drug-likeness (QED) is 0.839. The second-order valence-corrected chi connectivity index (χ2v) is 5.80. The Bertz CT molecular complexity index is 396. The van der Waals surface area contributed by atoms with Gasteiger partial charge in [0.2, 0.25) is 0 Å². The lowest BCUT2D eigenvalue weighted by molar-refractivity contribution is 0.199. The summed E-state index contributed by atoms with van der Waals surface area (Å²) in [6.07, 6.45) is 8.00. The van der Waals surface area contributed by atoms with Crippen LogP contribution in [0.25, 0.3) is 0 Å². The van der Waals surface area contributed by atoms with Crippen molar-refractivity contribution in [3.63, 3.8) is 0 Å². The third-order valence-electron chi connectivity index (χ3n) is 4.31. The van der Waals surface area contributed by atoms with E-state index in [-0.39, 0.29) is 0 Å². The SMILES string of the molecule is OCC1CCn2cc(CC3CCCNC3)nc2C1. The molecule has 0 radical (unpaired) electrons. The molecule has 0 bridgehead atoms. The van der Waals surface area contributed by atoms with Gasteiger partial charge in [0.05, 0.1) is 5.69 Å². The minimum absolute atomic E-state index is 0.300. The van der Waals surface area contributed by atoms with Crippen LogP contribution in [0.2, 0.25) is 0 Å². The van der Waals surface area contributed by atoms with Crippen molar-refractivity contribution in [1.82, 2.24) is 14.9 Å². The topological polar surface area (TPSA) is 50.1 Å². The predicted molar refractivity (Wildman–Crippen MR) is 70.4 cm³/mol. The van der Waals surface area contributed by atoms with Crippen LogP contribution in [0.5, 0.6) is 0 Å². The summed E-state index contributed by atoms with van der Waals surface area (Å²) < 4.78 is 2.29. The Kier molecular flexibility index (Phi) is 3.66. The second kappa shape index (κ2) is 5.41. The molecule has 1 fully saturated rings. The van der Waals surface area contributed by atoms with Crippen LogP contribution >= 0.6 is 0 Å². The summed E-state index contributed by atoms with van der Waals surface area (Å²) in [6, 6.07) is 0. The molecule has 4 heteroatoms. The Balaban J connectivity index is 1.65. The molecule has 1 saturated heterocycles. The highest BCUT2D eigenvalue weighted by molar-refractivity contribution is 5.08. The number of nitrogens with one attached hydrogen (secondary N) is 1. The van der Waals surface area contributed by atoms with E-state index in [1.807, 2.05) is 0 Å². The summed E-state index contributed by atoms with van der Waals surface area (Å²) in [5.41, 5.74) is 1.25. The van der Waals surface area contributed by atoms with Crippen molar-refractivity contribution in [2.75, 3.05) is 19.7 Å². The number of piperidine rings is 1. The molecule has 0 spiro atoms. The van der Waals surface area contributed by atoms with Gasteiger partial charge in [0, 0.05) is 25.8 Å². The van der Waals surface area contributed by atoms with Crippen LogP contribution in [-0.2, 0) is 19.4 Å². The van der Waals surface area contributed by atoms with Gasteiger partial charge >= 0.3 is 0 Å². The number of fused-ring (bicyclic) bond motifs is 1. The van der Waals surface area contributed by atoms with Crippen LogP contribution in [0.3, 0.4) is 0 Å². The Hall–Kier alpha value is -0.870. The molecule has 2 N–H and O–H groups in total. The molecule has 3 rings (SSSR count). The second-order valence-electron chi connectivity index (χ2n) is 5.80. The van der Waals surface area contributed by atoms with E-state index >= 15 is 0 Å². The van der Waals surface area contributed by atoms with Gasteiger partial charge in [0.1, 0.15) is 5.82 Å². The van der Waals surface area contributed by atoms with Gasteiger partial charge in [-0.05, 0) is 50.6 Å². The number of aryl methyl sites for hydroxylation is 1. The molecule has 18 heavy (non-hydrogen) atoms. The van der Waals surface area contributed by atoms with Crippen LogP contribution in [0.1, 0.15) is 30.8 Å². The molecular weight excluding hydrogens is 226 g/mol. The summed E-state index contributed by atoms with van der Waals surface area (Å²) in [6.45, 7) is 3.64. The first-order chi connectivity index (χ1) is 8.85. The number of hydrogen-bond donors (Lipinski definition) is 2. The summed E-state index contributed by atoms with van der Waals surface area (Å²) in [5.74, 6) is 2.35. The van der Waals surface area contributed by atoms with Crippen molar-refractivity contribution in [3.8, 4) is 0 Å². The summed E-state index contributed by atoms with van der Waals surface area (Å²) in [5, 5.41) is 12.7. The van der Waals surface area contributed by atoms with Crippen molar-refractivity contribution in [1.29, 1.82) is 0 Å². The third-order valence-corrected chi connectivity index (χ3v) is 4.31. The Labute approximate surface area is 108 Å². The van der Waals surface area contributed by atoms with Gasteiger partial charge in [-0.3, -0.25) is 0 Å². The lowest BCUT2D eigenvalue weighted by Gasteiger charge is -2.21.